The molecule has 0 spiro atoms. The Bertz CT molecular complexity index is 709. The van der Waals surface area contributed by atoms with E-state index in [0.717, 1.165) is 5.56 Å². The predicted octanol–water partition coefficient (Wildman–Crippen LogP) is 2.70. The molecule has 21 heavy (non-hydrogen) atoms. The van der Waals surface area contributed by atoms with Crippen LogP contribution in [0.1, 0.15) is 21.5 Å². The smallest absolute Gasteiger partial charge is 0.256 e. The number of carbonyl (C=O) groups is 1. The fourth-order valence-electron chi connectivity index (χ4n) is 1.94. The van der Waals surface area contributed by atoms with Crippen molar-refractivity contribution in [3.63, 3.8) is 0 Å². The maximum Gasteiger partial charge on any atom is 0.256 e. The molecule has 0 saturated carbocycles. The Kier molecular flexibility index (Phi) is 4.70. The Morgan fingerprint density at radius 1 is 1.29 bits per heavy atom. The molecule has 0 aliphatic carbocycles. The molecule has 0 bridgehead atoms. The molecule has 106 valence electrons. The molecule has 3 nitrogen and oxygen atoms in total. The van der Waals surface area contributed by atoms with Crippen LogP contribution in [0.4, 0.5) is 10.1 Å². The fourth-order valence-corrected chi connectivity index (χ4v) is 1.94. The quantitative estimate of drug-likeness (QED) is 0.832. The zero-order chi connectivity index (χ0) is 15.2. The summed E-state index contributed by atoms with van der Waals surface area (Å²) in [6.45, 7) is 1.98. The molecule has 0 fully saturated rings. The third-order valence-corrected chi connectivity index (χ3v) is 2.80. The molecule has 0 saturated heterocycles. The van der Waals surface area contributed by atoms with Crippen LogP contribution in [0.25, 0.3) is 0 Å². The second-order valence-electron chi connectivity index (χ2n) is 4.52. The topological polar surface area (TPSA) is 55.1 Å². The lowest BCUT2D eigenvalue weighted by Gasteiger charge is -2.08. The zero-order valence-electron chi connectivity index (χ0n) is 11.6. The molecule has 0 aliphatic rings. The van der Waals surface area contributed by atoms with Crippen molar-refractivity contribution in [3.8, 4) is 11.8 Å². The molecule has 2 aromatic carbocycles. The van der Waals surface area contributed by atoms with E-state index in [1.165, 1.54) is 12.1 Å². The summed E-state index contributed by atoms with van der Waals surface area (Å²) >= 11 is 0. The van der Waals surface area contributed by atoms with Crippen LogP contribution in [0.15, 0.2) is 42.5 Å². The van der Waals surface area contributed by atoms with Crippen molar-refractivity contribution < 1.29 is 9.18 Å². The van der Waals surface area contributed by atoms with Gasteiger partial charge in [-0.2, -0.15) is 0 Å². The molecule has 0 heterocycles. The van der Waals surface area contributed by atoms with Crippen LogP contribution >= 0.6 is 0 Å². The fraction of sp³-hybridized carbons (Fsp3) is 0.118. The summed E-state index contributed by atoms with van der Waals surface area (Å²) in [6.07, 6.45) is 0. The normalized spacial score (nSPS) is 9.67. The zero-order valence-corrected chi connectivity index (χ0v) is 11.6. The van der Waals surface area contributed by atoms with Gasteiger partial charge in [0.1, 0.15) is 5.82 Å². The number of nitrogens with two attached hydrogens (primary N) is 1. The van der Waals surface area contributed by atoms with Gasteiger partial charge in [-0.05, 0) is 42.8 Å². The second-order valence-corrected chi connectivity index (χ2v) is 4.52. The van der Waals surface area contributed by atoms with Gasteiger partial charge in [-0.15, -0.1) is 0 Å². The number of hydrogen-bond donors (Lipinski definition) is 2. The average molecular weight is 282 g/mol. The summed E-state index contributed by atoms with van der Waals surface area (Å²) in [6, 6.07) is 11.3. The average Bonchev–Trinajstić information content (AvgIpc) is 2.44. The number of rotatable bonds is 2. The Hall–Kier alpha value is -2.64. The molecule has 1 amide bonds. The van der Waals surface area contributed by atoms with Crippen LogP contribution in [0.2, 0.25) is 0 Å². The minimum absolute atomic E-state index is 0.221. The first-order valence-corrected chi connectivity index (χ1v) is 6.46. The summed E-state index contributed by atoms with van der Waals surface area (Å²) in [5, 5.41) is 2.68. The molecule has 0 aliphatic heterocycles. The molecule has 4 heteroatoms. The summed E-state index contributed by atoms with van der Waals surface area (Å²) < 4.78 is 13.3. The molecule has 2 aromatic rings. The van der Waals surface area contributed by atoms with Gasteiger partial charge in [0.05, 0.1) is 12.1 Å². The number of hydrogen-bond acceptors (Lipinski definition) is 2. The van der Waals surface area contributed by atoms with Crippen molar-refractivity contribution in [2.45, 2.75) is 6.92 Å². The van der Waals surface area contributed by atoms with Crippen LogP contribution in [-0.2, 0) is 0 Å². The van der Waals surface area contributed by atoms with Crippen molar-refractivity contribution in [2.24, 2.45) is 5.73 Å². The van der Waals surface area contributed by atoms with E-state index < -0.39 is 0 Å². The van der Waals surface area contributed by atoms with E-state index in [4.69, 9.17) is 5.73 Å². The predicted molar refractivity (Wildman–Crippen MR) is 81.5 cm³/mol. The van der Waals surface area contributed by atoms with E-state index in [-0.39, 0.29) is 18.3 Å². The minimum Gasteiger partial charge on any atom is -0.322 e. The van der Waals surface area contributed by atoms with Gasteiger partial charge in [0.2, 0.25) is 0 Å². The van der Waals surface area contributed by atoms with E-state index in [1.807, 2.05) is 0 Å². The Balaban J connectivity index is 2.28. The van der Waals surface area contributed by atoms with Crippen molar-refractivity contribution >= 4 is 11.6 Å². The Labute approximate surface area is 123 Å². The molecule has 3 N–H and O–H groups in total. The van der Waals surface area contributed by atoms with E-state index in [0.29, 0.717) is 16.8 Å². The van der Waals surface area contributed by atoms with E-state index >= 15 is 0 Å². The lowest BCUT2D eigenvalue weighted by Crippen LogP contribution is -2.13. The summed E-state index contributed by atoms with van der Waals surface area (Å²) in [4.78, 5) is 12.3. The molecule has 0 unspecified atom stereocenters. The molecule has 0 radical (unpaired) electrons. The number of halogens is 1. The van der Waals surface area contributed by atoms with E-state index in [2.05, 4.69) is 17.2 Å². The Morgan fingerprint density at radius 2 is 2.05 bits per heavy atom. The monoisotopic (exact) mass is 282 g/mol. The van der Waals surface area contributed by atoms with Crippen LogP contribution in [0.5, 0.6) is 0 Å². The van der Waals surface area contributed by atoms with Gasteiger partial charge in [-0.3, -0.25) is 4.79 Å². The highest BCUT2D eigenvalue weighted by molar-refractivity contribution is 6.06. The van der Waals surface area contributed by atoms with Crippen molar-refractivity contribution in [3.05, 3.63) is 65.0 Å². The SMILES string of the molecule is Cc1cc(F)cc(NC(=O)c2ccccc2C#CCN)c1. The van der Waals surface area contributed by atoms with Crippen molar-refractivity contribution in [1.82, 2.24) is 0 Å². The largest absolute Gasteiger partial charge is 0.322 e. The standard InChI is InChI=1S/C17H15FN2O/c1-12-9-14(18)11-15(10-12)20-17(21)16-7-3-2-5-13(16)6-4-8-19/h2-3,5,7,9-11H,8,19H2,1H3,(H,20,21). The number of anilines is 1. The first-order chi connectivity index (χ1) is 10.1. The highest BCUT2D eigenvalue weighted by atomic mass is 19.1. The maximum atomic E-state index is 13.3. The van der Waals surface area contributed by atoms with E-state index in [9.17, 15) is 9.18 Å². The minimum atomic E-state index is -0.387. The highest BCUT2D eigenvalue weighted by Crippen LogP contribution is 2.16. The third kappa shape index (κ3) is 3.91. The summed E-state index contributed by atoms with van der Waals surface area (Å²) in [5.74, 6) is 4.85. The van der Waals surface area contributed by atoms with Gasteiger partial charge >= 0.3 is 0 Å². The van der Waals surface area contributed by atoms with Crippen molar-refractivity contribution in [2.75, 3.05) is 11.9 Å². The molecular formula is C17H15FN2O. The number of benzene rings is 2. The van der Waals surface area contributed by atoms with Gasteiger partial charge in [0.15, 0.2) is 0 Å². The lowest BCUT2D eigenvalue weighted by atomic mass is 10.1. The van der Waals surface area contributed by atoms with Gasteiger partial charge < -0.3 is 11.1 Å². The highest BCUT2D eigenvalue weighted by Gasteiger charge is 2.10. The van der Waals surface area contributed by atoms with Gasteiger partial charge in [0.25, 0.3) is 5.91 Å². The molecule has 0 aromatic heterocycles. The molecule has 2 rings (SSSR count). The maximum absolute atomic E-state index is 13.3. The van der Waals surface area contributed by atoms with E-state index in [1.54, 1.807) is 37.3 Å². The second kappa shape index (κ2) is 6.69. The number of carbonyl (C=O) groups excluding carboxylic acids is 1. The van der Waals surface area contributed by atoms with Gasteiger partial charge in [-0.25, -0.2) is 4.39 Å². The lowest BCUT2D eigenvalue weighted by molar-refractivity contribution is 0.102. The first-order valence-electron chi connectivity index (χ1n) is 6.46. The summed E-state index contributed by atoms with van der Waals surface area (Å²) in [5.41, 5.74) is 7.52. The van der Waals surface area contributed by atoms with Crippen LogP contribution in [0, 0.1) is 24.6 Å². The first kappa shape index (κ1) is 14.8. The number of aryl methyl sites for hydroxylation is 1. The van der Waals surface area contributed by atoms with Crippen LogP contribution < -0.4 is 11.1 Å². The van der Waals surface area contributed by atoms with Crippen LogP contribution in [0.3, 0.4) is 0 Å². The van der Waals surface area contributed by atoms with Crippen molar-refractivity contribution in [1.29, 1.82) is 0 Å². The van der Waals surface area contributed by atoms with Gasteiger partial charge in [0, 0.05) is 11.3 Å². The summed E-state index contributed by atoms with van der Waals surface area (Å²) in [7, 11) is 0. The number of nitrogens with one attached hydrogen (secondary N) is 1. The molecular weight excluding hydrogens is 267 g/mol. The number of amides is 1. The third-order valence-electron chi connectivity index (χ3n) is 2.80. The Morgan fingerprint density at radius 3 is 2.76 bits per heavy atom. The van der Waals surface area contributed by atoms with Crippen LogP contribution in [-0.4, -0.2) is 12.5 Å². The molecule has 0 atom stereocenters. The van der Waals surface area contributed by atoms with Gasteiger partial charge in [-0.1, -0.05) is 24.0 Å².